The van der Waals surface area contributed by atoms with Gasteiger partial charge in [0.1, 0.15) is 5.75 Å². The maximum atomic E-state index is 10.1. The average molecular weight is 175 g/mol. The Balaban J connectivity index is 2.43. The van der Waals surface area contributed by atoms with Gasteiger partial charge in [0.05, 0.1) is 6.04 Å². The molecule has 0 bridgehead atoms. The molecule has 0 amide bonds. The molecular weight excluding hydrogens is 166 g/mol. The summed E-state index contributed by atoms with van der Waals surface area (Å²) in [7, 11) is 0. The van der Waals surface area contributed by atoms with Gasteiger partial charge in [-0.1, -0.05) is 6.07 Å². The van der Waals surface area contributed by atoms with Crippen LogP contribution in [0, 0.1) is 0 Å². The van der Waals surface area contributed by atoms with Gasteiger partial charge in [-0.25, -0.2) is 4.79 Å². The number of isocyanates is 1. The minimum Gasteiger partial charge on any atom is -0.508 e. The Morgan fingerprint density at radius 1 is 1.54 bits per heavy atom. The van der Waals surface area contributed by atoms with Crippen LogP contribution in [0.2, 0.25) is 0 Å². The molecule has 1 N–H and O–H groups in total. The third-order valence-electron chi connectivity index (χ3n) is 2.38. The summed E-state index contributed by atoms with van der Waals surface area (Å²) in [4.78, 5) is 13.8. The molecule has 0 spiro atoms. The fraction of sp³-hybridized carbons (Fsp3) is 0.300. The number of rotatable bonds is 1. The number of fused-ring (bicyclic) bond motifs is 1. The summed E-state index contributed by atoms with van der Waals surface area (Å²) in [6, 6.07) is 5.13. The van der Waals surface area contributed by atoms with Crippen molar-refractivity contribution in [2.45, 2.75) is 18.9 Å². The third kappa shape index (κ3) is 1.34. The highest BCUT2D eigenvalue weighted by Gasteiger charge is 2.21. The summed E-state index contributed by atoms with van der Waals surface area (Å²) in [5.41, 5.74) is 2.13. The van der Waals surface area contributed by atoms with E-state index in [0.29, 0.717) is 0 Å². The maximum absolute atomic E-state index is 10.1. The van der Waals surface area contributed by atoms with E-state index in [4.69, 9.17) is 0 Å². The molecule has 3 heteroatoms. The summed E-state index contributed by atoms with van der Waals surface area (Å²) >= 11 is 0. The number of hydrogen-bond acceptors (Lipinski definition) is 3. The molecule has 1 aromatic carbocycles. The molecule has 13 heavy (non-hydrogen) atoms. The van der Waals surface area contributed by atoms with Gasteiger partial charge in [-0.15, -0.1) is 0 Å². The zero-order valence-electron chi connectivity index (χ0n) is 7.03. The number of benzene rings is 1. The third-order valence-corrected chi connectivity index (χ3v) is 2.38. The van der Waals surface area contributed by atoms with Crippen LogP contribution in [-0.2, 0) is 11.2 Å². The summed E-state index contributed by atoms with van der Waals surface area (Å²) in [5, 5.41) is 9.20. The van der Waals surface area contributed by atoms with E-state index >= 15 is 0 Å². The topological polar surface area (TPSA) is 49.7 Å². The van der Waals surface area contributed by atoms with Crippen LogP contribution in [0.25, 0.3) is 0 Å². The molecule has 0 saturated carbocycles. The van der Waals surface area contributed by atoms with Crippen molar-refractivity contribution in [1.29, 1.82) is 0 Å². The predicted molar refractivity (Wildman–Crippen MR) is 47.3 cm³/mol. The molecule has 1 aliphatic rings. The lowest BCUT2D eigenvalue weighted by Crippen LogP contribution is -1.87. The highest BCUT2D eigenvalue weighted by atomic mass is 16.3. The Labute approximate surface area is 75.7 Å². The highest BCUT2D eigenvalue weighted by Crippen LogP contribution is 2.35. The Kier molecular flexibility index (Phi) is 1.87. The first-order valence-electron chi connectivity index (χ1n) is 4.20. The summed E-state index contributed by atoms with van der Waals surface area (Å²) in [6.45, 7) is 0. The lowest BCUT2D eigenvalue weighted by molar-refractivity contribution is 0.474. The number of phenolic OH excluding ortho intramolecular Hbond substituents is 1. The van der Waals surface area contributed by atoms with Gasteiger partial charge in [0.25, 0.3) is 0 Å². The fourth-order valence-electron chi connectivity index (χ4n) is 1.78. The highest BCUT2D eigenvalue weighted by molar-refractivity contribution is 5.43. The number of nitrogens with zero attached hydrogens (tertiary/aromatic N) is 1. The molecule has 66 valence electrons. The van der Waals surface area contributed by atoms with Crippen molar-refractivity contribution >= 4 is 6.08 Å². The minimum absolute atomic E-state index is 0.0481. The molecule has 0 radical (unpaired) electrons. The van der Waals surface area contributed by atoms with Gasteiger partial charge in [-0.2, -0.15) is 4.99 Å². The zero-order chi connectivity index (χ0) is 9.26. The van der Waals surface area contributed by atoms with Crippen molar-refractivity contribution in [1.82, 2.24) is 0 Å². The van der Waals surface area contributed by atoms with Gasteiger partial charge in [-0.05, 0) is 36.1 Å². The monoisotopic (exact) mass is 175 g/mol. The first-order chi connectivity index (χ1) is 6.31. The fourth-order valence-corrected chi connectivity index (χ4v) is 1.78. The molecule has 2 rings (SSSR count). The SMILES string of the molecule is O=C=NC1CCc2cc(O)ccc21. The van der Waals surface area contributed by atoms with E-state index < -0.39 is 0 Å². The Hall–Kier alpha value is -1.60. The standard InChI is InChI=1S/C10H9NO2/c12-6-11-10-4-1-7-5-8(13)2-3-9(7)10/h2-3,5,10,13H,1,4H2. The molecule has 1 unspecified atom stereocenters. The normalized spacial score (nSPS) is 19.2. The minimum atomic E-state index is -0.0481. The maximum Gasteiger partial charge on any atom is 0.235 e. The van der Waals surface area contributed by atoms with Gasteiger partial charge in [0.15, 0.2) is 0 Å². The molecule has 0 saturated heterocycles. The van der Waals surface area contributed by atoms with Crippen LogP contribution in [0.5, 0.6) is 5.75 Å². The van der Waals surface area contributed by atoms with Crippen LogP contribution < -0.4 is 0 Å². The van der Waals surface area contributed by atoms with Crippen LogP contribution in [-0.4, -0.2) is 11.2 Å². The van der Waals surface area contributed by atoms with E-state index in [1.165, 1.54) is 0 Å². The lowest BCUT2D eigenvalue weighted by atomic mass is 10.1. The van der Waals surface area contributed by atoms with Gasteiger partial charge in [0.2, 0.25) is 6.08 Å². The summed E-state index contributed by atoms with van der Waals surface area (Å²) in [5.74, 6) is 0.273. The molecule has 0 aliphatic heterocycles. The Morgan fingerprint density at radius 3 is 3.15 bits per heavy atom. The van der Waals surface area contributed by atoms with Crippen molar-refractivity contribution in [2.75, 3.05) is 0 Å². The van der Waals surface area contributed by atoms with E-state index in [9.17, 15) is 9.90 Å². The predicted octanol–water partition coefficient (Wildman–Crippen LogP) is 1.72. The molecule has 3 nitrogen and oxygen atoms in total. The number of phenols is 1. The number of hydrogen-bond donors (Lipinski definition) is 1. The Morgan fingerprint density at radius 2 is 2.38 bits per heavy atom. The van der Waals surface area contributed by atoms with Crippen molar-refractivity contribution in [3.05, 3.63) is 29.3 Å². The first kappa shape index (κ1) is 8.02. The van der Waals surface area contributed by atoms with Crippen LogP contribution >= 0.6 is 0 Å². The van der Waals surface area contributed by atoms with Gasteiger partial charge in [0, 0.05) is 0 Å². The largest absolute Gasteiger partial charge is 0.508 e. The molecule has 0 aromatic heterocycles. The second-order valence-electron chi connectivity index (χ2n) is 3.16. The summed E-state index contributed by atoms with van der Waals surface area (Å²) < 4.78 is 0. The van der Waals surface area contributed by atoms with Crippen molar-refractivity contribution in [3.8, 4) is 5.75 Å². The lowest BCUT2D eigenvalue weighted by Gasteiger charge is -2.02. The quantitative estimate of drug-likeness (QED) is 0.521. The van der Waals surface area contributed by atoms with Crippen molar-refractivity contribution < 1.29 is 9.90 Å². The summed E-state index contributed by atoms with van der Waals surface area (Å²) in [6.07, 6.45) is 3.29. The molecular formula is C10H9NO2. The van der Waals surface area contributed by atoms with E-state index in [0.717, 1.165) is 24.0 Å². The van der Waals surface area contributed by atoms with E-state index in [1.54, 1.807) is 18.2 Å². The van der Waals surface area contributed by atoms with Crippen LogP contribution in [0.3, 0.4) is 0 Å². The average Bonchev–Trinajstić information content (AvgIpc) is 2.49. The van der Waals surface area contributed by atoms with Crippen molar-refractivity contribution in [3.63, 3.8) is 0 Å². The van der Waals surface area contributed by atoms with Gasteiger partial charge < -0.3 is 5.11 Å². The molecule has 1 aliphatic carbocycles. The molecule has 0 heterocycles. The number of carbonyl (C=O) groups excluding carboxylic acids is 1. The Bertz CT molecular complexity index is 381. The smallest absolute Gasteiger partial charge is 0.235 e. The van der Waals surface area contributed by atoms with E-state index in [-0.39, 0.29) is 11.8 Å². The van der Waals surface area contributed by atoms with Crippen molar-refractivity contribution in [2.24, 2.45) is 4.99 Å². The van der Waals surface area contributed by atoms with Gasteiger partial charge in [-0.3, -0.25) is 0 Å². The molecule has 1 aromatic rings. The van der Waals surface area contributed by atoms with Crippen LogP contribution in [0.1, 0.15) is 23.6 Å². The zero-order valence-corrected chi connectivity index (χ0v) is 7.03. The first-order valence-corrected chi connectivity index (χ1v) is 4.20. The number of aromatic hydroxyl groups is 1. The number of aryl methyl sites for hydroxylation is 1. The van der Waals surface area contributed by atoms with Gasteiger partial charge >= 0.3 is 0 Å². The van der Waals surface area contributed by atoms with E-state index in [1.807, 2.05) is 6.07 Å². The molecule has 1 atom stereocenters. The van der Waals surface area contributed by atoms with E-state index in [2.05, 4.69) is 4.99 Å². The second-order valence-corrected chi connectivity index (χ2v) is 3.16. The molecule has 0 fully saturated rings. The number of aliphatic imine (C=N–C) groups is 1. The van der Waals surface area contributed by atoms with Crippen LogP contribution in [0.4, 0.5) is 0 Å². The van der Waals surface area contributed by atoms with Crippen LogP contribution in [0.15, 0.2) is 23.2 Å². The second kappa shape index (κ2) is 3.04.